The fourth-order valence-corrected chi connectivity index (χ4v) is 2.65. The fraction of sp³-hybridized carbons (Fsp3) is 0.538. The van der Waals surface area contributed by atoms with Crippen LogP contribution in [-0.2, 0) is 16.4 Å². The maximum atomic E-state index is 11.9. The van der Waals surface area contributed by atoms with Crippen molar-refractivity contribution in [1.82, 2.24) is 5.32 Å². The third kappa shape index (κ3) is 5.06. The Morgan fingerprint density at radius 3 is 2.50 bits per heavy atom. The Morgan fingerprint density at radius 2 is 1.89 bits per heavy atom. The van der Waals surface area contributed by atoms with Gasteiger partial charge in [0.05, 0.1) is 11.4 Å². The highest BCUT2D eigenvalue weighted by Gasteiger charge is 2.11. The van der Waals surface area contributed by atoms with Gasteiger partial charge in [0.1, 0.15) is 0 Å². The normalized spacial score (nSPS) is 11.8. The van der Waals surface area contributed by atoms with Gasteiger partial charge >= 0.3 is 0 Å². The predicted octanol–water partition coefficient (Wildman–Crippen LogP) is 1.99. The van der Waals surface area contributed by atoms with E-state index in [1.54, 1.807) is 6.07 Å². The summed E-state index contributed by atoms with van der Waals surface area (Å²) in [5, 5.41) is 3.10. The number of nitrogens with one attached hydrogen (secondary N) is 2. The summed E-state index contributed by atoms with van der Waals surface area (Å²) in [4.78, 5) is 0. The van der Waals surface area contributed by atoms with Crippen molar-refractivity contribution in [3.05, 3.63) is 29.8 Å². The Morgan fingerprint density at radius 1 is 1.22 bits per heavy atom. The number of anilines is 1. The molecular weight excluding hydrogens is 248 g/mol. The van der Waals surface area contributed by atoms with Crippen molar-refractivity contribution in [3.8, 4) is 0 Å². The summed E-state index contributed by atoms with van der Waals surface area (Å²) in [6, 6.07) is 7.78. The zero-order valence-corrected chi connectivity index (χ0v) is 12.0. The second kappa shape index (κ2) is 6.75. The highest BCUT2D eigenvalue weighted by molar-refractivity contribution is 7.92. The standard InChI is InChI=1S/C13H22N2O2S/c1-4-12-7-5-6-8-13(12)15-18(16,17)10-9-14-11(2)3/h5-8,11,14-15H,4,9-10H2,1-3H3. The molecular formula is C13H22N2O2S. The second-order valence-corrected chi connectivity index (χ2v) is 6.38. The van der Waals surface area contributed by atoms with Gasteiger partial charge in [-0.15, -0.1) is 0 Å². The average Bonchev–Trinajstić information content (AvgIpc) is 2.28. The summed E-state index contributed by atoms with van der Waals surface area (Å²) in [7, 11) is -3.28. The largest absolute Gasteiger partial charge is 0.313 e. The van der Waals surface area contributed by atoms with Crippen LogP contribution in [0.1, 0.15) is 26.3 Å². The van der Waals surface area contributed by atoms with Crippen molar-refractivity contribution in [1.29, 1.82) is 0 Å². The maximum Gasteiger partial charge on any atom is 0.233 e. The van der Waals surface area contributed by atoms with Gasteiger partial charge in [0.15, 0.2) is 0 Å². The van der Waals surface area contributed by atoms with E-state index in [9.17, 15) is 8.42 Å². The third-order valence-corrected chi connectivity index (χ3v) is 3.86. The molecule has 0 aliphatic heterocycles. The van der Waals surface area contributed by atoms with Gasteiger partial charge in [-0.2, -0.15) is 0 Å². The van der Waals surface area contributed by atoms with Crippen LogP contribution in [0.4, 0.5) is 5.69 Å². The lowest BCUT2D eigenvalue weighted by Crippen LogP contribution is -2.31. The summed E-state index contributed by atoms with van der Waals surface area (Å²) in [6.07, 6.45) is 0.808. The molecule has 2 N–H and O–H groups in total. The average molecular weight is 270 g/mol. The van der Waals surface area contributed by atoms with Gasteiger partial charge < -0.3 is 5.32 Å². The Labute approximate surface area is 110 Å². The zero-order valence-electron chi connectivity index (χ0n) is 11.2. The number of hydrogen-bond acceptors (Lipinski definition) is 3. The van der Waals surface area contributed by atoms with Crippen LogP contribution in [0, 0.1) is 0 Å². The van der Waals surface area contributed by atoms with E-state index in [4.69, 9.17) is 0 Å². The first kappa shape index (κ1) is 15.0. The Hall–Kier alpha value is -1.07. The summed E-state index contributed by atoms with van der Waals surface area (Å²) >= 11 is 0. The molecule has 102 valence electrons. The summed E-state index contributed by atoms with van der Waals surface area (Å²) in [5.41, 5.74) is 1.70. The molecule has 0 fully saturated rings. The Kier molecular flexibility index (Phi) is 5.62. The van der Waals surface area contributed by atoms with Gasteiger partial charge in [0.2, 0.25) is 10.0 Å². The van der Waals surface area contributed by atoms with E-state index in [1.165, 1.54) is 0 Å². The molecule has 0 aromatic heterocycles. The lowest BCUT2D eigenvalue weighted by Gasteiger charge is -2.12. The molecule has 0 aliphatic rings. The van der Waals surface area contributed by atoms with E-state index in [-0.39, 0.29) is 5.75 Å². The van der Waals surface area contributed by atoms with Crippen LogP contribution in [-0.4, -0.2) is 26.8 Å². The van der Waals surface area contributed by atoms with E-state index >= 15 is 0 Å². The molecule has 0 saturated carbocycles. The SMILES string of the molecule is CCc1ccccc1NS(=O)(=O)CCNC(C)C. The molecule has 0 aliphatic carbocycles. The minimum atomic E-state index is -3.28. The molecule has 4 nitrogen and oxygen atoms in total. The first-order valence-electron chi connectivity index (χ1n) is 6.26. The lowest BCUT2D eigenvalue weighted by atomic mass is 10.1. The highest BCUT2D eigenvalue weighted by Crippen LogP contribution is 2.16. The van der Waals surface area contributed by atoms with Crippen LogP contribution >= 0.6 is 0 Å². The first-order chi connectivity index (χ1) is 8.44. The number of sulfonamides is 1. The molecule has 18 heavy (non-hydrogen) atoms. The number of hydrogen-bond donors (Lipinski definition) is 2. The van der Waals surface area contributed by atoms with Gasteiger partial charge in [-0.3, -0.25) is 4.72 Å². The molecule has 0 atom stereocenters. The fourth-order valence-electron chi connectivity index (χ4n) is 1.63. The van der Waals surface area contributed by atoms with Crippen LogP contribution in [0.5, 0.6) is 0 Å². The Balaban J connectivity index is 2.65. The smallest absolute Gasteiger partial charge is 0.233 e. The topological polar surface area (TPSA) is 58.2 Å². The van der Waals surface area contributed by atoms with Gasteiger partial charge in [0, 0.05) is 12.6 Å². The minimum absolute atomic E-state index is 0.0865. The molecule has 0 radical (unpaired) electrons. The molecule has 1 rings (SSSR count). The van der Waals surface area contributed by atoms with Crippen molar-refractivity contribution < 1.29 is 8.42 Å². The molecule has 0 spiro atoms. The van der Waals surface area contributed by atoms with Crippen LogP contribution in [0.15, 0.2) is 24.3 Å². The molecule has 0 amide bonds. The van der Waals surface area contributed by atoms with E-state index in [2.05, 4.69) is 10.0 Å². The van der Waals surface area contributed by atoms with E-state index < -0.39 is 10.0 Å². The van der Waals surface area contributed by atoms with E-state index in [1.807, 2.05) is 39.0 Å². The second-order valence-electron chi connectivity index (χ2n) is 4.54. The van der Waals surface area contributed by atoms with Crippen LogP contribution < -0.4 is 10.0 Å². The molecule has 5 heteroatoms. The number of aryl methyl sites for hydroxylation is 1. The highest BCUT2D eigenvalue weighted by atomic mass is 32.2. The van der Waals surface area contributed by atoms with Crippen molar-refractivity contribution in [2.45, 2.75) is 33.2 Å². The van der Waals surface area contributed by atoms with Crippen LogP contribution in [0.25, 0.3) is 0 Å². The molecule has 0 saturated heterocycles. The number of rotatable bonds is 7. The molecule has 1 aromatic rings. The quantitative estimate of drug-likeness (QED) is 0.796. The molecule has 1 aromatic carbocycles. The zero-order chi connectivity index (χ0) is 13.6. The number of benzene rings is 1. The van der Waals surface area contributed by atoms with Crippen molar-refractivity contribution in [3.63, 3.8) is 0 Å². The molecule has 0 heterocycles. The summed E-state index contributed by atoms with van der Waals surface area (Å²) < 4.78 is 26.4. The monoisotopic (exact) mass is 270 g/mol. The van der Waals surface area contributed by atoms with E-state index in [0.717, 1.165) is 12.0 Å². The maximum absolute atomic E-state index is 11.9. The molecule has 0 unspecified atom stereocenters. The van der Waals surface area contributed by atoms with Crippen LogP contribution in [0.3, 0.4) is 0 Å². The first-order valence-corrected chi connectivity index (χ1v) is 7.91. The van der Waals surface area contributed by atoms with Gasteiger partial charge in [-0.25, -0.2) is 8.42 Å². The van der Waals surface area contributed by atoms with Gasteiger partial charge in [-0.05, 0) is 18.1 Å². The van der Waals surface area contributed by atoms with Gasteiger partial charge in [0.25, 0.3) is 0 Å². The lowest BCUT2D eigenvalue weighted by molar-refractivity contribution is 0.582. The van der Waals surface area contributed by atoms with Crippen molar-refractivity contribution in [2.75, 3.05) is 17.0 Å². The number of para-hydroxylation sites is 1. The third-order valence-electron chi connectivity index (χ3n) is 2.59. The minimum Gasteiger partial charge on any atom is -0.313 e. The van der Waals surface area contributed by atoms with Gasteiger partial charge in [-0.1, -0.05) is 39.0 Å². The summed E-state index contributed by atoms with van der Waals surface area (Å²) in [5.74, 6) is 0.0865. The van der Waals surface area contributed by atoms with E-state index in [0.29, 0.717) is 18.3 Å². The summed E-state index contributed by atoms with van der Waals surface area (Å²) in [6.45, 7) is 6.45. The predicted molar refractivity (Wildman–Crippen MR) is 76.4 cm³/mol. The van der Waals surface area contributed by atoms with Crippen molar-refractivity contribution >= 4 is 15.7 Å². The molecule has 0 bridgehead atoms. The Bertz CT molecular complexity index is 470. The van der Waals surface area contributed by atoms with Crippen LogP contribution in [0.2, 0.25) is 0 Å². The van der Waals surface area contributed by atoms with Crippen molar-refractivity contribution in [2.24, 2.45) is 0 Å².